The number of aromatic amines is 1. The summed E-state index contributed by atoms with van der Waals surface area (Å²) >= 11 is 1.63. The van der Waals surface area contributed by atoms with Crippen LogP contribution in [-0.4, -0.2) is 33.3 Å². The lowest BCUT2D eigenvalue weighted by molar-refractivity contribution is 0.506. The van der Waals surface area contributed by atoms with Gasteiger partial charge in [-0.2, -0.15) is 0 Å². The Morgan fingerprint density at radius 2 is 1.93 bits per heavy atom. The second-order valence-electron chi connectivity index (χ2n) is 7.19. The van der Waals surface area contributed by atoms with Gasteiger partial charge in [-0.1, -0.05) is 23.5 Å². The molecule has 5 nitrogen and oxygen atoms in total. The predicted molar refractivity (Wildman–Crippen MR) is 109 cm³/mol. The van der Waals surface area contributed by atoms with Gasteiger partial charge in [0.2, 0.25) is 5.13 Å². The Morgan fingerprint density at radius 3 is 2.75 bits per heavy atom. The molecule has 1 aromatic carbocycles. The lowest BCUT2D eigenvalue weighted by atomic mass is 9.90. The van der Waals surface area contributed by atoms with Gasteiger partial charge in [-0.3, -0.25) is 0 Å². The largest absolute Gasteiger partial charge is 0.347 e. The summed E-state index contributed by atoms with van der Waals surface area (Å²) in [5, 5.41) is 11.9. The molecule has 28 heavy (non-hydrogen) atoms. The number of hydrogen-bond acceptors (Lipinski definition) is 5. The van der Waals surface area contributed by atoms with E-state index in [0.717, 1.165) is 47.3 Å². The molecule has 0 unspecified atom stereocenters. The van der Waals surface area contributed by atoms with E-state index in [4.69, 9.17) is 0 Å². The molecular weight excluding hydrogens is 373 g/mol. The second kappa shape index (κ2) is 7.31. The first kappa shape index (κ1) is 17.3. The standard InChI is InChI=1S/C21H20FN5S/c22-16-5-3-14(4-6-16)12-19-25-26-21(28-19)27-10-7-15(8-11-27)18-13-24-20-17(18)2-1-9-23-20/h1-6,9,13,15H,7-8,10-12H2,(H,23,24). The predicted octanol–water partition coefficient (Wildman–Crippen LogP) is 4.53. The molecule has 7 heteroatoms. The fourth-order valence-corrected chi connectivity index (χ4v) is 4.84. The van der Waals surface area contributed by atoms with Crippen molar-refractivity contribution >= 4 is 27.5 Å². The molecule has 0 amide bonds. The van der Waals surface area contributed by atoms with Gasteiger partial charge in [0.1, 0.15) is 16.5 Å². The molecule has 5 rings (SSSR count). The van der Waals surface area contributed by atoms with Crippen LogP contribution in [0, 0.1) is 5.82 Å². The lowest BCUT2D eigenvalue weighted by Crippen LogP contribution is -2.32. The number of nitrogens with one attached hydrogen (secondary N) is 1. The van der Waals surface area contributed by atoms with Crippen LogP contribution in [0.3, 0.4) is 0 Å². The molecule has 1 fully saturated rings. The monoisotopic (exact) mass is 393 g/mol. The maximum Gasteiger partial charge on any atom is 0.208 e. The molecule has 0 atom stereocenters. The maximum atomic E-state index is 13.1. The van der Waals surface area contributed by atoms with Gasteiger partial charge in [0, 0.05) is 37.3 Å². The van der Waals surface area contributed by atoms with Crippen molar-refractivity contribution in [1.82, 2.24) is 20.2 Å². The highest BCUT2D eigenvalue weighted by molar-refractivity contribution is 7.15. The van der Waals surface area contributed by atoms with Crippen LogP contribution in [0.1, 0.15) is 34.9 Å². The van der Waals surface area contributed by atoms with E-state index in [9.17, 15) is 4.39 Å². The van der Waals surface area contributed by atoms with Crippen LogP contribution in [0.4, 0.5) is 9.52 Å². The highest BCUT2D eigenvalue weighted by Gasteiger charge is 2.25. The average Bonchev–Trinajstić information content (AvgIpc) is 3.37. The van der Waals surface area contributed by atoms with Gasteiger partial charge in [0.25, 0.3) is 0 Å². The van der Waals surface area contributed by atoms with Crippen molar-refractivity contribution in [2.45, 2.75) is 25.2 Å². The van der Waals surface area contributed by atoms with Gasteiger partial charge >= 0.3 is 0 Å². The Balaban J connectivity index is 1.24. The van der Waals surface area contributed by atoms with Crippen LogP contribution in [-0.2, 0) is 6.42 Å². The molecule has 1 N–H and O–H groups in total. The van der Waals surface area contributed by atoms with Crippen molar-refractivity contribution in [1.29, 1.82) is 0 Å². The number of aromatic nitrogens is 4. The third kappa shape index (κ3) is 3.38. The zero-order chi connectivity index (χ0) is 18.9. The minimum Gasteiger partial charge on any atom is -0.347 e. The molecule has 0 aliphatic carbocycles. The summed E-state index contributed by atoms with van der Waals surface area (Å²) in [6.45, 7) is 1.95. The van der Waals surface area contributed by atoms with E-state index in [2.05, 4.69) is 37.3 Å². The van der Waals surface area contributed by atoms with Gasteiger partial charge in [-0.05, 0) is 54.2 Å². The summed E-state index contributed by atoms with van der Waals surface area (Å²) in [7, 11) is 0. The first-order valence-electron chi connectivity index (χ1n) is 9.50. The van der Waals surface area contributed by atoms with Crippen LogP contribution in [0.25, 0.3) is 11.0 Å². The highest BCUT2D eigenvalue weighted by Crippen LogP contribution is 2.34. The number of H-pyrrole nitrogens is 1. The van der Waals surface area contributed by atoms with Gasteiger partial charge in [-0.25, -0.2) is 9.37 Å². The van der Waals surface area contributed by atoms with E-state index < -0.39 is 0 Å². The minimum atomic E-state index is -0.212. The van der Waals surface area contributed by atoms with E-state index in [-0.39, 0.29) is 5.82 Å². The number of nitrogens with zero attached hydrogens (tertiary/aromatic N) is 4. The van der Waals surface area contributed by atoms with Crippen molar-refractivity contribution < 1.29 is 4.39 Å². The molecule has 0 spiro atoms. The van der Waals surface area contributed by atoms with Crippen molar-refractivity contribution in [2.75, 3.05) is 18.0 Å². The van der Waals surface area contributed by atoms with Crippen LogP contribution in [0.15, 0.2) is 48.8 Å². The third-order valence-electron chi connectivity index (χ3n) is 5.41. The van der Waals surface area contributed by atoms with Gasteiger partial charge in [-0.15, -0.1) is 10.2 Å². The number of anilines is 1. The number of benzene rings is 1. The summed E-state index contributed by atoms with van der Waals surface area (Å²) in [5.41, 5.74) is 3.39. The Hall–Kier alpha value is -2.80. The zero-order valence-corrected chi connectivity index (χ0v) is 16.1. The van der Waals surface area contributed by atoms with Crippen LogP contribution < -0.4 is 4.90 Å². The van der Waals surface area contributed by atoms with E-state index in [1.807, 2.05) is 12.3 Å². The number of halogens is 1. The molecule has 4 aromatic rings. The molecule has 0 saturated carbocycles. The van der Waals surface area contributed by atoms with Gasteiger partial charge < -0.3 is 9.88 Å². The van der Waals surface area contributed by atoms with Crippen LogP contribution in [0.2, 0.25) is 0 Å². The highest BCUT2D eigenvalue weighted by atomic mass is 32.1. The summed E-state index contributed by atoms with van der Waals surface area (Å²) in [6.07, 6.45) is 6.81. The SMILES string of the molecule is Fc1ccc(Cc2nnc(N3CCC(c4c[nH]c5ncccc45)CC3)s2)cc1. The molecule has 1 aliphatic rings. The van der Waals surface area contributed by atoms with E-state index in [1.165, 1.54) is 23.1 Å². The van der Waals surface area contributed by atoms with Crippen LogP contribution in [0.5, 0.6) is 0 Å². The summed E-state index contributed by atoms with van der Waals surface area (Å²) in [4.78, 5) is 10.0. The van der Waals surface area contributed by atoms with Crippen molar-refractivity contribution in [2.24, 2.45) is 0 Å². The summed E-state index contributed by atoms with van der Waals surface area (Å²) in [6, 6.07) is 10.7. The number of hydrogen-bond donors (Lipinski definition) is 1. The van der Waals surface area contributed by atoms with Crippen molar-refractivity contribution in [3.05, 3.63) is 70.7 Å². The third-order valence-corrected chi connectivity index (χ3v) is 6.40. The molecule has 1 aliphatic heterocycles. The quantitative estimate of drug-likeness (QED) is 0.553. The minimum absolute atomic E-state index is 0.212. The zero-order valence-electron chi connectivity index (χ0n) is 15.3. The van der Waals surface area contributed by atoms with Crippen molar-refractivity contribution in [3.63, 3.8) is 0 Å². The van der Waals surface area contributed by atoms with E-state index in [0.29, 0.717) is 12.3 Å². The maximum absolute atomic E-state index is 13.1. The van der Waals surface area contributed by atoms with Gasteiger partial charge in [0.15, 0.2) is 0 Å². The van der Waals surface area contributed by atoms with Crippen LogP contribution >= 0.6 is 11.3 Å². The molecule has 3 aromatic heterocycles. The number of rotatable bonds is 4. The molecule has 0 bridgehead atoms. The fraction of sp³-hybridized carbons (Fsp3) is 0.286. The van der Waals surface area contributed by atoms with E-state index in [1.54, 1.807) is 23.5 Å². The topological polar surface area (TPSA) is 57.7 Å². The lowest BCUT2D eigenvalue weighted by Gasteiger charge is -2.31. The van der Waals surface area contributed by atoms with Gasteiger partial charge in [0.05, 0.1) is 0 Å². The smallest absolute Gasteiger partial charge is 0.208 e. The average molecular weight is 393 g/mol. The Bertz CT molecular complexity index is 1080. The number of fused-ring (bicyclic) bond motifs is 1. The molecule has 0 radical (unpaired) electrons. The molecule has 4 heterocycles. The van der Waals surface area contributed by atoms with E-state index >= 15 is 0 Å². The molecular formula is C21H20FN5S. The Kier molecular flexibility index (Phi) is 4.52. The number of piperidine rings is 1. The normalized spacial score (nSPS) is 15.4. The second-order valence-corrected chi connectivity index (χ2v) is 8.23. The first-order chi connectivity index (χ1) is 13.8. The molecule has 142 valence electrons. The summed E-state index contributed by atoms with van der Waals surface area (Å²) in [5.74, 6) is 0.330. The number of pyridine rings is 1. The Labute approximate surface area is 166 Å². The molecule has 1 saturated heterocycles. The summed E-state index contributed by atoms with van der Waals surface area (Å²) < 4.78 is 13.1. The fourth-order valence-electron chi connectivity index (χ4n) is 3.92. The Morgan fingerprint density at radius 1 is 1.11 bits per heavy atom. The van der Waals surface area contributed by atoms with Crippen molar-refractivity contribution in [3.8, 4) is 0 Å². The first-order valence-corrected chi connectivity index (χ1v) is 10.3.